The maximum atomic E-state index is 13.5. The summed E-state index contributed by atoms with van der Waals surface area (Å²) < 4.78 is 15.3. The zero-order valence-corrected chi connectivity index (χ0v) is 13.2. The van der Waals surface area contributed by atoms with E-state index in [0.717, 1.165) is 14.2 Å². The maximum absolute atomic E-state index is 13.5. The first-order chi connectivity index (χ1) is 9.71. The molecule has 0 saturated heterocycles. The molecule has 1 aromatic carbocycles. The van der Waals surface area contributed by atoms with Crippen LogP contribution in [0.1, 0.15) is 11.1 Å². The average Bonchev–Trinajstić information content (AvgIpc) is 2.90. The predicted octanol–water partition coefficient (Wildman–Crippen LogP) is 3.00. The second-order valence-electron chi connectivity index (χ2n) is 3.68. The van der Waals surface area contributed by atoms with E-state index in [4.69, 9.17) is 5.73 Å². The Labute approximate surface area is 129 Å². The van der Waals surface area contributed by atoms with Gasteiger partial charge in [-0.15, -0.1) is 10.2 Å². The number of nitrogens with two attached hydrogens (primary N) is 1. The van der Waals surface area contributed by atoms with Gasteiger partial charge in [0.2, 0.25) is 0 Å². The van der Waals surface area contributed by atoms with Crippen LogP contribution in [-0.2, 0) is 5.75 Å². The first kappa shape index (κ1) is 15.3. The standard InChI is InChI=1S/C13H12FN3S3/c1-18-12-16-17-13(20-12)19-8-10-5-9(3-2-4-15)6-11(14)7-10/h5-7H,4,8,15H2,1H3. The molecule has 0 aliphatic rings. The van der Waals surface area contributed by atoms with Crippen molar-refractivity contribution in [1.82, 2.24) is 10.2 Å². The van der Waals surface area contributed by atoms with Crippen molar-refractivity contribution < 1.29 is 4.39 Å². The van der Waals surface area contributed by atoms with E-state index in [1.54, 1.807) is 23.5 Å². The SMILES string of the molecule is CSc1nnc(SCc2cc(F)cc(C#CCN)c2)s1. The summed E-state index contributed by atoms with van der Waals surface area (Å²) in [6, 6.07) is 4.79. The van der Waals surface area contributed by atoms with Gasteiger partial charge in [-0.3, -0.25) is 0 Å². The molecule has 2 N–H and O–H groups in total. The Morgan fingerprint density at radius 1 is 1.30 bits per heavy atom. The van der Waals surface area contributed by atoms with Crippen molar-refractivity contribution in [3.63, 3.8) is 0 Å². The quantitative estimate of drug-likeness (QED) is 0.692. The molecule has 3 nitrogen and oxygen atoms in total. The van der Waals surface area contributed by atoms with Gasteiger partial charge in [-0.1, -0.05) is 46.7 Å². The van der Waals surface area contributed by atoms with E-state index in [1.807, 2.05) is 12.3 Å². The van der Waals surface area contributed by atoms with E-state index < -0.39 is 0 Å². The molecule has 0 saturated carbocycles. The molecule has 20 heavy (non-hydrogen) atoms. The van der Waals surface area contributed by atoms with Gasteiger partial charge in [0.1, 0.15) is 5.82 Å². The molecule has 0 fully saturated rings. The van der Waals surface area contributed by atoms with Crippen LogP contribution < -0.4 is 5.73 Å². The number of hydrogen-bond donors (Lipinski definition) is 1. The number of thioether (sulfide) groups is 2. The van der Waals surface area contributed by atoms with Gasteiger partial charge in [-0.05, 0) is 30.0 Å². The van der Waals surface area contributed by atoms with E-state index in [2.05, 4.69) is 22.0 Å². The number of nitrogens with zero attached hydrogens (tertiary/aromatic N) is 2. The predicted molar refractivity (Wildman–Crippen MR) is 83.6 cm³/mol. The van der Waals surface area contributed by atoms with Crippen LogP contribution >= 0.6 is 34.9 Å². The summed E-state index contributed by atoms with van der Waals surface area (Å²) in [5, 5.41) is 8.09. The fourth-order valence-corrected chi connectivity index (χ4v) is 3.81. The minimum atomic E-state index is -0.286. The summed E-state index contributed by atoms with van der Waals surface area (Å²) in [5.41, 5.74) is 6.83. The van der Waals surface area contributed by atoms with Gasteiger partial charge in [0, 0.05) is 11.3 Å². The van der Waals surface area contributed by atoms with E-state index >= 15 is 0 Å². The molecular weight excluding hydrogens is 313 g/mol. The zero-order chi connectivity index (χ0) is 14.4. The fourth-order valence-electron chi connectivity index (χ4n) is 1.44. The highest BCUT2D eigenvalue weighted by Gasteiger charge is 2.05. The van der Waals surface area contributed by atoms with Crippen LogP contribution in [-0.4, -0.2) is 23.0 Å². The smallest absolute Gasteiger partial charge is 0.175 e. The van der Waals surface area contributed by atoms with Crippen molar-refractivity contribution in [1.29, 1.82) is 0 Å². The number of aromatic nitrogens is 2. The highest BCUT2D eigenvalue weighted by molar-refractivity contribution is 8.02. The summed E-state index contributed by atoms with van der Waals surface area (Å²) in [7, 11) is 0. The minimum absolute atomic E-state index is 0.267. The zero-order valence-electron chi connectivity index (χ0n) is 10.7. The molecule has 0 bridgehead atoms. The van der Waals surface area contributed by atoms with Crippen LogP contribution in [0.3, 0.4) is 0 Å². The van der Waals surface area contributed by atoms with Crippen LogP contribution in [0.4, 0.5) is 4.39 Å². The van der Waals surface area contributed by atoms with Gasteiger partial charge in [-0.25, -0.2) is 4.39 Å². The van der Waals surface area contributed by atoms with E-state index in [-0.39, 0.29) is 12.4 Å². The van der Waals surface area contributed by atoms with E-state index in [0.29, 0.717) is 11.3 Å². The van der Waals surface area contributed by atoms with Gasteiger partial charge >= 0.3 is 0 Å². The molecule has 0 spiro atoms. The lowest BCUT2D eigenvalue weighted by Gasteiger charge is -2.01. The largest absolute Gasteiger partial charge is 0.320 e. The van der Waals surface area contributed by atoms with Crippen molar-refractivity contribution in [2.75, 3.05) is 12.8 Å². The Hall–Kier alpha value is -1.07. The molecular formula is C13H12FN3S3. The van der Waals surface area contributed by atoms with Crippen molar-refractivity contribution in [2.45, 2.75) is 14.4 Å². The Kier molecular flexibility index (Phi) is 5.86. The third kappa shape index (κ3) is 4.49. The lowest BCUT2D eigenvalue weighted by molar-refractivity contribution is 0.626. The van der Waals surface area contributed by atoms with Crippen molar-refractivity contribution in [2.24, 2.45) is 5.73 Å². The first-order valence-corrected chi connectivity index (χ1v) is 8.72. The molecule has 1 aromatic heterocycles. The fraction of sp³-hybridized carbons (Fsp3) is 0.231. The van der Waals surface area contributed by atoms with Crippen LogP contribution in [0.15, 0.2) is 26.9 Å². The second kappa shape index (κ2) is 7.64. The Morgan fingerprint density at radius 3 is 2.80 bits per heavy atom. The van der Waals surface area contributed by atoms with Crippen molar-refractivity contribution in [3.05, 3.63) is 35.1 Å². The summed E-state index contributed by atoms with van der Waals surface area (Å²) in [6.07, 6.45) is 1.96. The summed E-state index contributed by atoms with van der Waals surface area (Å²) in [4.78, 5) is 0. The molecule has 7 heteroatoms. The first-order valence-electron chi connectivity index (χ1n) is 5.70. The molecule has 1 heterocycles. The van der Waals surface area contributed by atoms with Gasteiger partial charge in [0.15, 0.2) is 8.68 Å². The maximum Gasteiger partial charge on any atom is 0.175 e. The van der Waals surface area contributed by atoms with Gasteiger partial charge < -0.3 is 5.73 Å². The monoisotopic (exact) mass is 325 g/mol. The topological polar surface area (TPSA) is 51.8 Å². The highest BCUT2D eigenvalue weighted by Crippen LogP contribution is 2.29. The molecule has 0 atom stereocenters. The van der Waals surface area contributed by atoms with Crippen LogP contribution in [0.25, 0.3) is 0 Å². The summed E-state index contributed by atoms with van der Waals surface area (Å²) in [6.45, 7) is 0.267. The summed E-state index contributed by atoms with van der Waals surface area (Å²) >= 11 is 4.65. The lowest BCUT2D eigenvalue weighted by atomic mass is 10.1. The molecule has 0 amide bonds. The number of hydrogen-bond acceptors (Lipinski definition) is 6. The van der Waals surface area contributed by atoms with Crippen LogP contribution in [0.5, 0.6) is 0 Å². The molecule has 104 valence electrons. The molecule has 0 aliphatic heterocycles. The number of halogens is 1. The second-order valence-corrected chi connectivity index (χ2v) is 6.93. The van der Waals surface area contributed by atoms with Crippen molar-refractivity contribution in [3.8, 4) is 11.8 Å². The van der Waals surface area contributed by atoms with Crippen LogP contribution in [0.2, 0.25) is 0 Å². The van der Waals surface area contributed by atoms with Gasteiger partial charge in [0.05, 0.1) is 6.54 Å². The Bertz CT molecular complexity index is 646. The van der Waals surface area contributed by atoms with E-state index in [9.17, 15) is 4.39 Å². The minimum Gasteiger partial charge on any atom is -0.320 e. The Morgan fingerprint density at radius 2 is 2.10 bits per heavy atom. The van der Waals surface area contributed by atoms with Crippen LogP contribution in [0, 0.1) is 17.7 Å². The number of benzene rings is 1. The molecule has 2 rings (SSSR count). The number of rotatable bonds is 4. The normalized spacial score (nSPS) is 10.2. The summed E-state index contributed by atoms with van der Waals surface area (Å²) in [5.74, 6) is 5.92. The average molecular weight is 325 g/mol. The molecule has 0 aliphatic carbocycles. The van der Waals surface area contributed by atoms with Gasteiger partial charge in [0.25, 0.3) is 0 Å². The third-order valence-electron chi connectivity index (χ3n) is 2.22. The Balaban J connectivity index is 2.07. The highest BCUT2D eigenvalue weighted by atomic mass is 32.2. The molecule has 0 unspecified atom stereocenters. The lowest BCUT2D eigenvalue weighted by Crippen LogP contribution is -1.93. The van der Waals surface area contributed by atoms with E-state index in [1.165, 1.54) is 23.5 Å². The van der Waals surface area contributed by atoms with Crippen molar-refractivity contribution >= 4 is 34.9 Å². The third-order valence-corrected chi connectivity index (χ3v) is 5.32. The molecule has 2 aromatic rings. The van der Waals surface area contributed by atoms with Gasteiger partial charge in [-0.2, -0.15) is 0 Å². The molecule has 0 radical (unpaired) electrons.